The summed E-state index contributed by atoms with van der Waals surface area (Å²) in [7, 11) is 0. The quantitative estimate of drug-likeness (QED) is 0.611. The average Bonchev–Trinajstić information content (AvgIpc) is 3.47. The predicted octanol–water partition coefficient (Wildman–Crippen LogP) is 4.10. The fourth-order valence-electron chi connectivity index (χ4n) is 4.93. The number of likely N-dealkylation sites (tertiary alicyclic amines) is 1. The molecule has 4 amide bonds. The minimum Gasteiger partial charge on any atom is -0.444 e. The monoisotopic (exact) mass is 484 g/mol. The summed E-state index contributed by atoms with van der Waals surface area (Å²) in [5.74, 6) is -0.417. The number of nitrogens with zero attached hydrogens (tertiary/aromatic N) is 4. The fraction of sp³-hybridized carbons (Fsp3) is 0.304. The number of amides is 4. The molecule has 33 heavy (non-hydrogen) atoms. The maximum Gasteiger partial charge on any atom is 0.410 e. The van der Waals surface area contributed by atoms with E-state index in [1.165, 1.54) is 11.0 Å². The van der Waals surface area contributed by atoms with Crippen LogP contribution in [0, 0.1) is 18.3 Å². The number of nitriles is 1. The Kier molecular flexibility index (Phi) is 5.19. The first-order chi connectivity index (χ1) is 15.8. The second-order valence-corrected chi connectivity index (χ2v) is 9.03. The molecule has 2 aromatic rings. The molecule has 10 heteroatoms. The molecule has 2 aromatic carbocycles. The summed E-state index contributed by atoms with van der Waals surface area (Å²) in [6, 6.07) is 10.2. The molecular weight excluding hydrogens is 467 g/mol. The van der Waals surface area contributed by atoms with Crippen LogP contribution in [0.1, 0.15) is 23.1 Å². The van der Waals surface area contributed by atoms with Crippen molar-refractivity contribution < 1.29 is 19.1 Å². The number of piperazine rings is 1. The molecular formula is C23H18Cl2N4O4. The summed E-state index contributed by atoms with van der Waals surface area (Å²) in [5, 5.41) is 9.89. The van der Waals surface area contributed by atoms with E-state index in [2.05, 4.69) is 0 Å². The van der Waals surface area contributed by atoms with Crippen LogP contribution in [0.4, 0.5) is 15.3 Å². The van der Waals surface area contributed by atoms with Gasteiger partial charge in [0.05, 0.1) is 28.4 Å². The van der Waals surface area contributed by atoms with Crippen molar-refractivity contribution in [3.8, 4) is 6.07 Å². The third-order valence-corrected chi connectivity index (χ3v) is 7.38. The summed E-state index contributed by atoms with van der Waals surface area (Å²) in [5.41, 5.74) is 1.77. The number of fused-ring (bicyclic) bond motifs is 5. The van der Waals surface area contributed by atoms with E-state index in [0.717, 1.165) is 4.90 Å². The van der Waals surface area contributed by atoms with Gasteiger partial charge in [0.1, 0.15) is 18.7 Å². The van der Waals surface area contributed by atoms with Gasteiger partial charge in [-0.1, -0.05) is 41.4 Å². The first-order valence-corrected chi connectivity index (χ1v) is 11.1. The number of carbonyl (C=O) groups is 3. The van der Waals surface area contributed by atoms with E-state index in [4.69, 9.17) is 27.9 Å². The number of ether oxygens (including phenoxy) is 1. The van der Waals surface area contributed by atoms with Gasteiger partial charge in [-0.15, -0.1) is 0 Å². The molecule has 2 bridgehead atoms. The Morgan fingerprint density at radius 3 is 2.70 bits per heavy atom. The summed E-state index contributed by atoms with van der Waals surface area (Å²) >= 11 is 12.4. The van der Waals surface area contributed by atoms with Crippen molar-refractivity contribution in [2.75, 3.05) is 11.4 Å². The van der Waals surface area contributed by atoms with E-state index in [1.807, 2.05) is 6.07 Å². The van der Waals surface area contributed by atoms with Gasteiger partial charge in [0.2, 0.25) is 0 Å². The Morgan fingerprint density at radius 1 is 1.21 bits per heavy atom. The molecule has 0 aliphatic carbocycles. The zero-order valence-electron chi connectivity index (χ0n) is 17.5. The zero-order valence-corrected chi connectivity index (χ0v) is 19.0. The smallest absolute Gasteiger partial charge is 0.410 e. The lowest BCUT2D eigenvalue weighted by Crippen LogP contribution is -2.54. The molecule has 3 heterocycles. The van der Waals surface area contributed by atoms with Crippen molar-refractivity contribution >= 4 is 46.9 Å². The van der Waals surface area contributed by atoms with Crippen molar-refractivity contribution in [2.24, 2.45) is 0 Å². The molecule has 0 aromatic heterocycles. The molecule has 0 N–H and O–H groups in total. The van der Waals surface area contributed by atoms with Crippen LogP contribution in [0.5, 0.6) is 0 Å². The van der Waals surface area contributed by atoms with Gasteiger partial charge in [0.15, 0.2) is 0 Å². The first kappa shape index (κ1) is 21.6. The van der Waals surface area contributed by atoms with Crippen molar-refractivity contribution in [1.82, 2.24) is 9.80 Å². The second-order valence-electron chi connectivity index (χ2n) is 8.25. The van der Waals surface area contributed by atoms with Crippen LogP contribution in [-0.4, -0.2) is 52.5 Å². The highest BCUT2D eigenvalue weighted by molar-refractivity contribution is 6.33. The lowest BCUT2D eigenvalue weighted by molar-refractivity contribution is -0.121. The van der Waals surface area contributed by atoms with Crippen molar-refractivity contribution in [3.63, 3.8) is 0 Å². The zero-order chi connectivity index (χ0) is 23.4. The minimum absolute atomic E-state index is 0.0166. The Labute approximate surface area is 199 Å². The van der Waals surface area contributed by atoms with Crippen LogP contribution in [0.2, 0.25) is 10.0 Å². The molecule has 0 radical (unpaired) electrons. The maximum atomic E-state index is 13.4. The van der Waals surface area contributed by atoms with Crippen molar-refractivity contribution in [3.05, 3.63) is 63.1 Å². The molecule has 3 saturated heterocycles. The number of imide groups is 1. The topological polar surface area (TPSA) is 94.0 Å². The molecule has 3 fully saturated rings. The normalized spacial score (nSPS) is 23.2. The number of hydrogen-bond donors (Lipinski definition) is 0. The number of rotatable bonds is 3. The highest BCUT2D eigenvalue weighted by Gasteiger charge is 2.63. The standard InChI is InChI=1S/C23H18Cl2N4O4/c1-12-17(7-6-13(9-26)19(12)25)29-21(30)20-18-8-15(28(20)22(29)31)10-27(18)23(32)33-11-14-4-2-3-5-16(14)24/h2-7,15,18,20H,8,10-11H2,1H3/t15-,18?,20?/m1/s1. The Bertz CT molecular complexity index is 1240. The number of halogens is 2. The Balaban J connectivity index is 1.36. The van der Waals surface area contributed by atoms with Crippen LogP contribution in [0.3, 0.4) is 0 Å². The SMILES string of the molecule is Cc1c(N2C(=O)C3C4C[C@H](CN4C(=O)OCc4ccccc4Cl)N3C2=O)ccc(C#N)c1Cl. The van der Waals surface area contributed by atoms with Gasteiger partial charge < -0.3 is 14.5 Å². The van der Waals surface area contributed by atoms with E-state index >= 15 is 0 Å². The molecule has 5 rings (SSSR count). The van der Waals surface area contributed by atoms with Crippen molar-refractivity contribution in [1.29, 1.82) is 5.26 Å². The largest absolute Gasteiger partial charge is 0.444 e. The van der Waals surface area contributed by atoms with Crippen LogP contribution in [-0.2, 0) is 16.1 Å². The third-order valence-electron chi connectivity index (χ3n) is 6.53. The molecule has 3 aliphatic rings. The minimum atomic E-state index is -0.780. The molecule has 0 saturated carbocycles. The van der Waals surface area contributed by atoms with E-state index in [0.29, 0.717) is 34.8 Å². The number of anilines is 1. The van der Waals surface area contributed by atoms with Gasteiger partial charge in [-0.25, -0.2) is 14.5 Å². The Hall–Kier alpha value is -3.28. The second kappa shape index (κ2) is 7.94. The van der Waals surface area contributed by atoms with E-state index < -0.39 is 30.1 Å². The third kappa shape index (κ3) is 3.23. The molecule has 168 valence electrons. The highest BCUT2D eigenvalue weighted by Crippen LogP contribution is 2.43. The van der Waals surface area contributed by atoms with Gasteiger partial charge >= 0.3 is 12.1 Å². The van der Waals surface area contributed by atoms with Gasteiger partial charge in [0.25, 0.3) is 5.91 Å². The highest BCUT2D eigenvalue weighted by atomic mass is 35.5. The van der Waals surface area contributed by atoms with E-state index in [1.54, 1.807) is 42.2 Å². The summed E-state index contributed by atoms with van der Waals surface area (Å²) in [6.45, 7) is 1.97. The Morgan fingerprint density at radius 2 is 1.97 bits per heavy atom. The molecule has 8 nitrogen and oxygen atoms in total. The predicted molar refractivity (Wildman–Crippen MR) is 120 cm³/mol. The van der Waals surface area contributed by atoms with Gasteiger partial charge in [-0.3, -0.25) is 4.79 Å². The number of carbonyl (C=O) groups excluding carboxylic acids is 3. The lowest BCUT2D eigenvalue weighted by Gasteiger charge is -2.34. The van der Waals surface area contributed by atoms with Crippen LogP contribution in [0.15, 0.2) is 36.4 Å². The number of benzene rings is 2. The van der Waals surface area contributed by atoms with Gasteiger partial charge in [0, 0.05) is 17.1 Å². The number of hydrogen-bond acceptors (Lipinski definition) is 5. The van der Waals surface area contributed by atoms with Gasteiger partial charge in [-0.05, 0) is 37.1 Å². The molecule has 2 unspecified atom stereocenters. The van der Waals surface area contributed by atoms with Gasteiger partial charge in [-0.2, -0.15) is 5.26 Å². The van der Waals surface area contributed by atoms with E-state index in [9.17, 15) is 19.6 Å². The summed E-state index contributed by atoms with van der Waals surface area (Å²) in [6.07, 6.45) is -0.0250. The molecule has 0 spiro atoms. The van der Waals surface area contributed by atoms with Crippen molar-refractivity contribution in [2.45, 2.75) is 38.1 Å². The fourth-order valence-corrected chi connectivity index (χ4v) is 5.32. The maximum absolute atomic E-state index is 13.4. The van der Waals surface area contributed by atoms with Crippen LogP contribution < -0.4 is 4.90 Å². The lowest BCUT2D eigenvalue weighted by atomic mass is 10.1. The van der Waals surface area contributed by atoms with E-state index in [-0.39, 0.29) is 23.2 Å². The first-order valence-electron chi connectivity index (χ1n) is 10.4. The van der Waals surface area contributed by atoms with Crippen LogP contribution in [0.25, 0.3) is 0 Å². The average molecular weight is 485 g/mol. The number of urea groups is 1. The summed E-state index contributed by atoms with van der Waals surface area (Å²) in [4.78, 5) is 43.5. The summed E-state index contributed by atoms with van der Waals surface area (Å²) < 4.78 is 5.45. The van der Waals surface area contributed by atoms with Crippen LogP contribution >= 0.6 is 23.2 Å². The molecule has 3 aliphatic heterocycles. The molecule has 3 atom stereocenters.